The van der Waals surface area contributed by atoms with Crippen LogP contribution in [0.1, 0.15) is 30.4 Å². The molecule has 1 unspecified atom stereocenters. The third kappa shape index (κ3) is 5.52. The standard InChI is InChI=1S/C16H24BrNO2/c1-13-5-6-14(10-16(13)17)11-18-7-3-8-19-12-15-4-2-9-20-15/h5-6,10,15,18H,2-4,7-9,11-12H2,1H3. The third-order valence-electron chi connectivity index (χ3n) is 3.54. The molecule has 0 saturated carbocycles. The van der Waals surface area contributed by atoms with Crippen molar-refractivity contribution in [3.05, 3.63) is 33.8 Å². The number of ether oxygens (including phenoxy) is 2. The Kier molecular flexibility index (Phi) is 7.00. The normalized spacial score (nSPS) is 18.6. The summed E-state index contributed by atoms with van der Waals surface area (Å²) in [4.78, 5) is 0. The fourth-order valence-corrected chi connectivity index (χ4v) is 2.70. The van der Waals surface area contributed by atoms with E-state index in [0.717, 1.165) is 45.8 Å². The van der Waals surface area contributed by atoms with Gasteiger partial charge in [0.25, 0.3) is 0 Å². The molecule has 1 aromatic rings. The Morgan fingerprint density at radius 2 is 2.35 bits per heavy atom. The van der Waals surface area contributed by atoms with E-state index < -0.39 is 0 Å². The van der Waals surface area contributed by atoms with E-state index in [1.165, 1.54) is 22.0 Å². The Morgan fingerprint density at radius 3 is 3.10 bits per heavy atom. The molecule has 0 bridgehead atoms. The first-order valence-corrected chi connectivity index (χ1v) is 8.20. The highest BCUT2D eigenvalue weighted by atomic mass is 79.9. The second kappa shape index (κ2) is 8.78. The molecule has 3 nitrogen and oxygen atoms in total. The van der Waals surface area contributed by atoms with Gasteiger partial charge < -0.3 is 14.8 Å². The van der Waals surface area contributed by atoms with Crippen molar-refractivity contribution in [2.75, 3.05) is 26.4 Å². The molecule has 1 aliphatic rings. The third-order valence-corrected chi connectivity index (χ3v) is 4.39. The zero-order valence-corrected chi connectivity index (χ0v) is 13.7. The molecule has 1 aromatic carbocycles. The number of hydrogen-bond donors (Lipinski definition) is 1. The summed E-state index contributed by atoms with van der Waals surface area (Å²) >= 11 is 3.56. The van der Waals surface area contributed by atoms with Crippen molar-refractivity contribution in [3.8, 4) is 0 Å². The van der Waals surface area contributed by atoms with E-state index in [9.17, 15) is 0 Å². The topological polar surface area (TPSA) is 30.5 Å². The lowest BCUT2D eigenvalue weighted by molar-refractivity contribution is 0.0166. The average Bonchev–Trinajstić information content (AvgIpc) is 2.95. The lowest BCUT2D eigenvalue weighted by atomic mass is 10.1. The molecular weight excluding hydrogens is 318 g/mol. The molecular formula is C16H24BrNO2. The minimum Gasteiger partial charge on any atom is -0.379 e. The second-order valence-corrected chi connectivity index (χ2v) is 6.18. The Morgan fingerprint density at radius 1 is 1.45 bits per heavy atom. The number of hydrogen-bond acceptors (Lipinski definition) is 3. The van der Waals surface area contributed by atoms with Crippen molar-refractivity contribution in [2.45, 2.75) is 38.8 Å². The predicted molar refractivity (Wildman–Crippen MR) is 85.0 cm³/mol. The van der Waals surface area contributed by atoms with Crippen LogP contribution in [0, 0.1) is 6.92 Å². The van der Waals surface area contributed by atoms with Crippen LogP contribution in [0.3, 0.4) is 0 Å². The van der Waals surface area contributed by atoms with E-state index in [4.69, 9.17) is 9.47 Å². The maximum atomic E-state index is 5.63. The zero-order valence-electron chi connectivity index (χ0n) is 12.2. The second-order valence-electron chi connectivity index (χ2n) is 5.32. The molecule has 1 fully saturated rings. The van der Waals surface area contributed by atoms with Crippen molar-refractivity contribution in [1.82, 2.24) is 5.32 Å². The van der Waals surface area contributed by atoms with Gasteiger partial charge in [-0.15, -0.1) is 0 Å². The van der Waals surface area contributed by atoms with Gasteiger partial charge in [-0.05, 0) is 49.9 Å². The molecule has 20 heavy (non-hydrogen) atoms. The van der Waals surface area contributed by atoms with Crippen LogP contribution < -0.4 is 5.32 Å². The van der Waals surface area contributed by atoms with E-state index >= 15 is 0 Å². The first-order chi connectivity index (χ1) is 9.75. The fourth-order valence-electron chi connectivity index (χ4n) is 2.27. The van der Waals surface area contributed by atoms with Gasteiger partial charge in [0, 0.05) is 24.2 Å². The zero-order chi connectivity index (χ0) is 14.2. The smallest absolute Gasteiger partial charge is 0.0809 e. The maximum absolute atomic E-state index is 5.63. The van der Waals surface area contributed by atoms with Crippen LogP contribution in [0.5, 0.6) is 0 Å². The van der Waals surface area contributed by atoms with E-state index in [0.29, 0.717) is 6.10 Å². The van der Waals surface area contributed by atoms with Crippen molar-refractivity contribution < 1.29 is 9.47 Å². The van der Waals surface area contributed by atoms with Gasteiger partial charge in [-0.2, -0.15) is 0 Å². The lowest BCUT2D eigenvalue weighted by Gasteiger charge is -2.10. The van der Waals surface area contributed by atoms with E-state index in [2.05, 4.69) is 46.4 Å². The van der Waals surface area contributed by atoms with E-state index in [1.54, 1.807) is 0 Å². The quantitative estimate of drug-likeness (QED) is 0.734. The summed E-state index contributed by atoms with van der Waals surface area (Å²) in [6, 6.07) is 6.49. The van der Waals surface area contributed by atoms with Crippen LogP contribution in [-0.2, 0) is 16.0 Å². The number of benzene rings is 1. The molecule has 2 rings (SSSR count). The Balaban J connectivity index is 1.49. The fraction of sp³-hybridized carbons (Fsp3) is 0.625. The highest BCUT2D eigenvalue weighted by Crippen LogP contribution is 2.17. The van der Waals surface area contributed by atoms with Gasteiger partial charge in [0.05, 0.1) is 12.7 Å². The van der Waals surface area contributed by atoms with Crippen molar-refractivity contribution in [3.63, 3.8) is 0 Å². The van der Waals surface area contributed by atoms with Gasteiger partial charge >= 0.3 is 0 Å². The first-order valence-electron chi connectivity index (χ1n) is 7.41. The number of nitrogens with one attached hydrogen (secondary N) is 1. The molecule has 0 amide bonds. The molecule has 112 valence electrons. The monoisotopic (exact) mass is 341 g/mol. The van der Waals surface area contributed by atoms with E-state index in [1.807, 2.05) is 0 Å². The predicted octanol–water partition coefficient (Wildman–Crippen LogP) is 3.43. The van der Waals surface area contributed by atoms with Crippen LogP contribution >= 0.6 is 15.9 Å². The summed E-state index contributed by atoms with van der Waals surface area (Å²) in [6.07, 6.45) is 3.72. The molecule has 1 aliphatic heterocycles. The molecule has 0 spiro atoms. The van der Waals surface area contributed by atoms with Gasteiger partial charge in [0.1, 0.15) is 0 Å². The van der Waals surface area contributed by atoms with Crippen molar-refractivity contribution in [1.29, 1.82) is 0 Å². The van der Waals surface area contributed by atoms with Crippen molar-refractivity contribution in [2.24, 2.45) is 0 Å². The largest absolute Gasteiger partial charge is 0.379 e. The van der Waals surface area contributed by atoms with Gasteiger partial charge in [-0.3, -0.25) is 0 Å². The minimum absolute atomic E-state index is 0.341. The highest BCUT2D eigenvalue weighted by molar-refractivity contribution is 9.10. The first kappa shape index (κ1) is 16.0. The minimum atomic E-state index is 0.341. The molecule has 1 heterocycles. The summed E-state index contributed by atoms with van der Waals surface area (Å²) in [7, 11) is 0. The lowest BCUT2D eigenvalue weighted by Crippen LogP contribution is -2.19. The summed E-state index contributed by atoms with van der Waals surface area (Å²) in [5.74, 6) is 0. The molecule has 1 N–H and O–H groups in total. The molecule has 0 aromatic heterocycles. The summed E-state index contributed by atoms with van der Waals surface area (Å²) < 4.78 is 12.3. The molecule has 1 saturated heterocycles. The van der Waals surface area contributed by atoms with Crippen molar-refractivity contribution >= 4 is 15.9 Å². The summed E-state index contributed by atoms with van der Waals surface area (Å²) in [5, 5.41) is 3.44. The SMILES string of the molecule is Cc1ccc(CNCCCOCC2CCCO2)cc1Br. The number of halogens is 1. The van der Waals surface area contributed by atoms with Crippen LogP contribution in [0.2, 0.25) is 0 Å². The van der Waals surface area contributed by atoms with Gasteiger partial charge in [0.15, 0.2) is 0 Å². The summed E-state index contributed by atoms with van der Waals surface area (Å²) in [5.41, 5.74) is 2.58. The van der Waals surface area contributed by atoms with Crippen LogP contribution in [0.15, 0.2) is 22.7 Å². The van der Waals surface area contributed by atoms with Crippen LogP contribution in [0.4, 0.5) is 0 Å². The van der Waals surface area contributed by atoms with Crippen LogP contribution in [-0.4, -0.2) is 32.5 Å². The van der Waals surface area contributed by atoms with Crippen LogP contribution in [0.25, 0.3) is 0 Å². The Hall–Kier alpha value is -0.420. The molecule has 1 atom stereocenters. The summed E-state index contributed by atoms with van der Waals surface area (Å²) in [6.45, 7) is 6.46. The molecule has 0 radical (unpaired) electrons. The molecule has 4 heteroatoms. The van der Waals surface area contributed by atoms with Gasteiger partial charge in [0.2, 0.25) is 0 Å². The molecule has 0 aliphatic carbocycles. The van der Waals surface area contributed by atoms with E-state index in [-0.39, 0.29) is 0 Å². The van der Waals surface area contributed by atoms with Gasteiger partial charge in [-0.1, -0.05) is 28.1 Å². The number of aryl methyl sites for hydroxylation is 1. The van der Waals surface area contributed by atoms with Gasteiger partial charge in [-0.25, -0.2) is 0 Å². The maximum Gasteiger partial charge on any atom is 0.0809 e. The Labute approximate surface area is 130 Å². The highest BCUT2D eigenvalue weighted by Gasteiger charge is 2.14. The average molecular weight is 342 g/mol. The number of rotatable bonds is 8. The Bertz CT molecular complexity index is 405.